The Morgan fingerprint density at radius 2 is 1.86 bits per heavy atom. The number of thiophene rings is 1. The third kappa shape index (κ3) is 2.82. The Morgan fingerprint density at radius 1 is 1.05 bits per heavy atom. The summed E-state index contributed by atoms with van der Waals surface area (Å²) in [5.74, 6) is -1.62. The Kier molecular flexibility index (Phi) is 3.99. The topological polar surface area (TPSA) is 12.0 Å². The van der Waals surface area contributed by atoms with Crippen molar-refractivity contribution in [3.63, 3.8) is 0 Å². The van der Waals surface area contributed by atoms with Gasteiger partial charge in [-0.25, -0.2) is 8.78 Å². The maximum atomic E-state index is 13.5. The van der Waals surface area contributed by atoms with Crippen LogP contribution in [0.4, 0.5) is 8.78 Å². The van der Waals surface area contributed by atoms with Gasteiger partial charge in [-0.1, -0.05) is 31.2 Å². The predicted molar refractivity (Wildman–Crippen MR) is 83.7 cm³/mol. The second-order valence-electron chi connectivity index (χ2n) is 4.85. The molecule has 0 bridgehead atoms. The lowest BCUT2D eigenvalue weighted by molar-refractivity contribution is 0.504. The molecule has 3 aromatic rings. The van der Waals surface area contributed by atoms with E-state index >= 15 is 0 Å². The van der Waals surface area contributed by atoms with Gasteiger partial charge in [-0.3, -0.25) is 0 Å². The second kappa shape index (κ2) is 5.92. The van der Waals surface area contributed by atoms with Crippen LogP contribution in [-0.2, 0) is 0 Å². The van der Waals surface area contributed by atoms with Crippen LogP contribution in [0.1, 0.15) is 23.4 Å². The molecule has 21 heavy (non-hydrogen) atoms. The number of rotatable bonds is 4. The molecule has 1 unspecified atom stereocenters. The lowest BCUT2D eigenvalue weighted by Gasteiger charge is -2.17. The highest BCUT2D eigenvalue weighted by Gasteiger charge is 2.17. The third-order valence-electron chi connectivity index (χ3n) is 3.41. The number of nitrogens with one attached hydrogen (secondary N) is 1. The molecular formula is C17H15F2NS. The molecule has 0 aliphatic rings. The third-order valence-corrected chi connectivity index (χ3v) is 4.60. The largest absolute Gasteiger partial charge is 0.306 e. The molecule has 2 aromatic carbocycles. The van der Waals surface area contributed by atoms with Crippen LogP contribution < -0.4 is 5.32 Å². The van der Waals surface area contributed by atoms with E-state index < -0.39 is 11.6 Å². The van der Waals surface area contributed by atoms with E-state index in [1.807, 2.05) is 19.1 Å². The van der Waals surface area contributed by atoms with Gasteiger partial charge in [0, 0.05) is 9.58 Å². The van der Waals surface area contributed by atoms with Crippen LogP contribution in [0.2, 0.25) is 0 Å². The number of halogens is 2. The number of benzene rings is 2. The average molecular weight is 303 g/mol. The van der Waals surface area contributed by atoms with Crippen LogP contribution in [0.15, 0.2) is 48.5 Å². The van der Waals surface area contributed by atoms with Crippen LogP contribution in [0, 0.1) is 11.6 Å². The Labute approximate surface area is 126 Å². The van der Waals surface area contributed by atoms with E-state index in [1.165, 1.54) is 22.2 Å². The molecule has 0 radical (unpaired) electrons. The van der Waals surface area contributed by atoms with Gasteiger partial charge in [0.1, 0.15) is 0 Å². The summed E-state index contributed by atoms with van der Waals surface area (Å²) in [4.78, 5) is 1.10. The van der Waals surface area contributed by atoms with Crippen LogP contribution in [0.5, 0.6) is 0 Å². The van der Waals surface area contributed by atoms with Gasteiger partial charge in [-0.05, 0) is 41.8 Å². The molecule has 3 rings (SSSR count). The molecule has 1 aromatic heterocycles. The van der Waals surface area contributed by atoms with E-state index in [0.717, 1.165) is 17.0 Å². The van der Waals surface area contributed by atoms with Crippen molar-refractivity contribution in [3.05, 3.63) is 70.6 Å². The minimum Gasteiger partial charge on any atom is -0.306 e. The standard InChI is InChI=1S/C17H15F2NS/c1-2-20-17(12-7-8-13(18)14(19)9-12)16-10-11-5-3-4-6-15(11)21-16/h3-10,17,20H,2H2,1H3. The lowest BCUT2D eigenvalue weighted by atomic mass is 10.0. The molecule has 0 spiro atoms. The molecule has 1 atom stereocenters. The van der Waals surface area contributed by atoms with Gasteiger partial charge in [-0.15, -0.1) is 11.3 Å². The fraction of sp³-hybridized carbons (Fsp3) is 0.176. The minimum absolute atomic E-state index is 0.123. The highest BCUT2D eigenvalue weighted by atomic mass is 32.1. The molecular weight excluding hydrogens is 288 g/mol. The first-order chi connectivity index (χ1) is 10.2. The average Bonchev–Trinajstić information content (AvgIpc) is 2.91. The van der Waals surface area contributed by atoms with Crippen molar-refractivity contribution < 1.29 is 8.78 Å². The van der Waals surface area contributed by atoms with Gasteiger partial charge in [0.15, 0.2) is 11.6 Å². The van der Waals surface area contributed by atoms with Crippen molar-refractivity contribution in [2.75, 3.05) is 6.54 Å². The smallest absolute Gasteiger partial charge is 0.159 e. The fourth-order valence-corrected chi connectivity index (χ4v) is 3.59. The Balaban J connectivity index is 2.05. The highest BCUT2D eigenvalue weighted by molar-refractivity contribution is 7.19. The molecule has 0 aliphatic heterocycles. The van der Waals surface area contributed by atoms with Crippen LogP contribution >= 0.6 is 11.3 Å². The molecule has 1 nitrogen and oxygen atoms in total. The highest BCUT2D eigenvalue weighted by Crippen LogP contribution is 2.33. The Bertz CT molecular complexity index is 733. The molecule has 0 aliphatic carbocycles. The second-order valence-corrected chi connectivity index (χ2v) is 5.97. The summed E-state index contributed by atoms with van der Waals surface area (Å²) < 4.78 is 27.8. The fourth-order valence-electron chi connectivity index (χ4n) is 2.42. The zero-order chi connectivity index (χ0) is 14.8. The molecule has 108 valence electrons. The van der Waals surface area contributed by atoms with Crippen LogP contribution in [-0.4, -0.2) is 6.54 Å². The van der Waals surface area contributed by atoms with Gasteiger partial charge in [0.25, 0.3) is 0 Å². The van der Waals surface area contributed by atoms with E-state index in [1.54, 1.807) is 17.4 Å². The van der Waals surface area contributed by atoms with Crippen molar-refractivity contribution >= 4 is 21.4 Å². The summed E-state index contributed by atoms with van der Waals surface area (Å²) >= 11 is 1.67. The van der Waals surface area contributed by atoms with E-state index in [9.17, 15) is 8.78 Å². The Morgan fingerprint density at radius 3 is 2.57 bits per heavy atom. The first kappa shape index (κ1) is 14.2. The molecule has 0 amide bonds. The summed E-state index contributed by atoms with van der Waals surface area (Å²) in [5.41, 5.74) is 0.738. The summed E-state index contributed by atoms with van der Waals surface area (Å²) in [7, 11) is 0. The molecule has 0 saturated heterocycles. The van der Waals surface area contributed by atoms with E-state index in [-0.39, 0.29) is 6.04 Å². The Hall–Kier alpha value is -1.78. The zero-order valence-electron chi connectivity index (χ0n) is 11.6. The number of hydrogen-bond acceptors (Lipinski definition) is 2. The summed E-state index contributed by atoms with van der Waals surface area (Å²) in [6, 6.07) is 14.2. The van der Waals surface area contributed by atoms with Crippen molar-refractivity contribution in [2.45, 2.75) is 13.0 Å². The van der Waals surface area contributed by atoms with Crippen molar-refractivity contribution in [3.8, 4) is 0 Å². The van der Waals surface area contributed by atoms with Crippen LogP contribution in [0.25, 0.3) is 10.1 Å². The van der Waals surface area contributed by atoms with Crippen molar-refractivity contribution in [2.24, 2.45) is 0 Å². The quantitative estimate of drug-likeness (QED) is 0.724. The minimum atomic E-state index is -0.815. The monoisotopic (exact) mass is 303 g/mol. The van der Waals surface area contributed by atoms with Gasteiger partial charge in [-0.2, -0.15) is 0 Å². The first-order valence-corrected chi connectivity index (χ1v) is 7.67. The van der Waals surface area contributed by atoms with Gasteiger partial charge in [0.05, 0.1) is 6.04 Å². The molecule has 4 heteroatoms. The normalized spacial score (nSPS) is 12.7. The molecule has 1 N–H and O–H groups in total. The van der Waals surface area contributed by atoms with Gasteiger partial charge in [0.2, 0.25) is 0 Å². The molecule has 0 fully saturated rings. The summed E-state index contributed by atoms with van der Waals surface area (Å²) in [6.07, 6.45) is 0. The van der Waals surface area contributed by atoms with Crippen molar-refractivity contribution in [1.29, 1.82) is 0 Å². The summed E-state index contributed by atoms with van der Waals surface area (Å²) in [6.45, 7) is 2.75. The van der Waals surface area contributed by atoms with E-state index in [0.29, 0.717) is 0 Å². The van der Waals surface area contributed by atoms with E-state index in [2.05, 4.69) is 23.5 Å². The van der Waals surface area contributed by atoms with Crippen LogP contribution in [0.3, 0.4) is 0 Å². The zero-order valence-corrected chi connectivity index (χ0v) is 12.4. The SMILES string of the molecule is CCNC(c1ccc(F)c(F)c1)c1cc2ccccc2s1. The number of hydrogen-bond donors (Lipinski definition) is 1. The lowest BCUT2D eigenvalue weighted by Crippen LogP contribution is -2.21. The van der Waals surface area contributed by atoms with Gasteiger partial charge >= 0.3 is 0 Å². The summed E-state index contributed by atoms with van der Waals surface area (Å²) in [5, 5.41) is 4.51. The molecule has 0 saturated carbocycles. The molecule has 1 heterocycles. The van der Waals surface area contributed by atoms with Crippen molar-refractivity contribution in [1.82, 2.24) is 5.32 Å². The van der Waals surface area contributed by atoms with E-state index in [4.69, 9.17) is 0 Å². The maximum Gasteiger partial charge on any atom is 0.159 e. The van der Waals surface area contributed by atoms with Gasteiger partial charge < -0.3 is 5.32 Å². The maximum absolute atomic E-state index is 13.5. The predicted octanol–water partition coefficient (Wildman–Crippen LogP) is 4.88. The number of fused-ring (bicyclic) bond motifs is 1. The first-order valence-electron chi connectivity index (χ1n) is 6.86.